The number of nitrogens with one attached hydrogen (secondary N) is 1. The largest absolute Gasteiger partial charge is 0.315 e. The molecule has 6 rings (SSSR count). The van der Waals surface area contributed by atoms with E-state index >= 15 is 4.39 Å². The van der Waals surface area contributed by atoms with Crippen LogP contribution in [0, 0.1) is 12.7 Å². The van der Waals surface area contributed by atoms with Gasteiger partial charge in [-0.2, -0.15) is 0 Å². The maximum Gasteiger partial charge on any atom is 0.262 e. The number of hydrogen-bond acceptors (Lipinski definition) is 5. The number of aryl methyl sites for hydroxylation is 1. The van der Waals surface area contributed by atoms with E-state index in [2.05, 4.69) is 21.4 Å². The van der Waals surface area contributed by atoms with E-state index in [0.29, 0.717) is 18.1 Å². The SMILES string of the molecule is Cc1cc2c(N(C(=O)c3ccc(-n4cnc5ccccc54)cc3F)[C@@H]3CCCNC3)nccc2s1. The number of carbonyl (C=O) groups is 1. The van der Waals surface area contributed by atoms with E-state index in [1.165, 1.54) is 6.07 Å². The summed E-state index contributed by atoms with van der Waals surface area (Å²) in [5.74, 6) is -0.343. The Morgan fingerprint density at radius 2 is 2.06 bits per heavy atom. The summed E-state index contributed by atoms with van der Waals surface area (Å²) in [7, 11) is 0. The van der Waals surface area contributed by atoms with E-state index in [4.69, 9.17) is 0 Å². The number of benzene rings is 2. The lowest BCUT2D eigenvalue weighted by atomic mass is 10.0. The third-order valence-corrected chi connectivity index (χ3v) is 7.56. The van der Waals surface area contributed by atoms with Gasteiger partial charge in [-0.15, -0.1) is 11.3 Å². The molecule has 3 aromatic heterocycles. The van der Waals surface area contributed by atoms with Crippen LogP contribution in [0.1, 0.15) is 28.1 Å². The number of carbonyl (C=O) groups excluding carboxylic acids is 1. The molecule has 1 saturated heterocycles. The number of fused-ring (bicyclic) bond motifs is 2. The molecule has 2 aromatic carbocycles. The van der Waals surface area contributed by atoms with Gasteiger partial charge in [-0.3, -0.25) is 14.3 Å². The molecule has 1 fully saturated rings. The molecule has 5 aromatic rings. The van der Waals surface area contributed by atoms with E-state index in [1.54, 1.807) is 40.9 Å². The summed E-state index contributed by atoms with van der Waals surface area (Å²) in [6.45, 7) is 3.60. The Bertz CT molecular complexity index is 1550. The van der Waals surface area contributed by atoms with E-state index in [0.717, 1.165) is 45.4 Å². The first-order chi connectivity index (χ1) is 17.1. The average molecular weight is 486 g/mol. The van der Waals surface area contributed by atoms with Gasteiger partial charge in [0.25, 0.3) is 5.91 Å². The lowest BCUT2D eigenvalue weighted by molar-refractivity contribution is 0.0968. The van der Waals surface area contributed by atoms with Gasteiger partial charge in [0.15, 0.2) is 0 Å². The molecule has 0 aliphatic carbocycles. The summed E-state index contributed by atoms with van der Waals surface area (Å²) in [4.78, 5) is 25.8. The number of thiophene rings is 1. The second-order valence-electron chi connectivity index (χ2n) is 8.85. The van der Waals surface area contributed by atoms with Crippen molar-refractivity contribution in [3.63, 3.8) is 0 Å². The highest BCUT2D eigenvalue weighted by Gasteiger charge is 2.31. The van der Waals surface area contributed by atoms with Crippen LogP contribution >= 0.6 is 11.3 Å². The van der Waals surface area contributed by atoms with Gasteiger partial charge < -0.3 is 5.32 Å². The molecule has 35 heavy (non-hydrogen) atoms. The predicted octanol–water partition coefficient (Wildman–Crippen LogP) is 5.48. The lowest BCUT2D eigenvalue weighted by Crippen LogP contribution is -2.49. The zero-order valence-electron chi connectivity index (χ0n) is 19.2. The van der Waals surface area contributed by atoms with Gasteiger partial charge in [-0.25, -0.2) is 14.4 Å². The molecule has 0 bridgehead atoms. The number of aromatic nitrogens is 3. The van der Waals surface area contributed by atoms with Crippen LogP contribution in [0.25, 0.3) is 26.8 Å². The fourth-order valence-corrected chi connectivity index (χ4v) is 5.79. The molecule has 1 amide bonds. The maximum atomic E-state index is 15.5. The number of imidazole rings is 1. The molecule has 1 N–H and O–H groups in total. The van der Waals surface area contributed by atoms with Crippen molar-refractivity contribution in [3.05, 3.63) is 83.4 Å². The van der Waals surface area contributed by atoms with E-state index < -0.39 is 5.82 Å². The van der Waals surface area contributed by atoms with Crippen LogP contribution in [0.4, 0.5) is 10.2 Å². The molecule has 8 heteroatoms. The molecule has 4 heterocycles. The van der Waals surface area contributed by atoms with Crippen molar-refractivity contribution in [2.45, 2.75) is 25.8 Å². The van der Waals surface area contributed by atoms with Crippen molar-refractivity contribution in [1.29, 1.82) is 0 Å². The van der Waals surface area contributed by atoms with Gasteiger partial charge in [-0.1, -0.05) is 12.1 Å². The normalized spacial score (nSPS) is 16.1. The molecule has 1 aliphatic rings. The number of pyridine rings is 1. The third-order valence-electron chi connectivity index (χ3n) is 6.55. The van der Waals surface area contributed by atoms with Crippen LogP contribution in [0.5, 0.6) is 0 Å². The molecular weight excluding hydrogens is 461 g/mol. The van der Waals surface area contributed by atoms with Crippen molar-refractivity contribution in [3.8, 4) is 5.69 Å². The number of para-hydroxylation sites is 2. The first kappa shape index (κ1) is 21.9. The Morgan fingerprint density at radius 3 is 2.89 bits per heavy atom. The van der Waals surface area contributed by atoms with Crippen molar-refractivity contribution < 1.29 is 9.18 Å². The minimum atomic E-state index is -0.562. The Morgan fingerprint density at radius 1 is 1.17 bits per heavy atom. The standard InChI is InChI=1S/C27H24FN5OS/c1-17-13-21-25(35-17)10-12-30-26(21)33(19-5-4-11-29-15-19)27(34)20-9-8-18(14-22(20)28)32-16-31-23-6-2-3-7-24(23)32/h2-3,6-10,12-14,16,19,29H,4-5,11,15H2,1H3/t19-/m1/s1. The van der Waals surface area contributed by atoms with Crippen LogP contribution in [0.2, 0.25) is 0 Å². The number of anilines is 1. The number of hydrogen-bond donors (Lipinski definition) is 1. The van der Waals surface area contributed by atoms with Crippen molar-refractivity contribution in [2.75, 3.05) is 18.0 Å². The fraction of sp³-hybridized carbons (Fsp3) is 0.222. The van der Waals surface area contributed by atoms with Crippen LogP contribution in [0.15, 0.2) is 67.1 Å². The molecule has 0 radical (unpaired) electrons. The third kappa shape index (κ3) is 3.88. The lowest BCUT2D eigenvalue weighted by Gasteiger charge is -2.34. The second-order valence-corrected chi connectivity index (χ2v) is 10.1. The molecule has 1 atom stereocenters. The van der Waals surface area contributed by atoms with Crippen LogP contribution in [-0.2, 0) is 0 Å². The summed E-state index contributed by atoms with van der Waals surface area (Å²) in [6.07, 6.45) is 5.18. The minimum Gasteiger partial charge on any atom is -0.315 e. The number of rotatable bonds is 4. The first-order valence-corrected chi connectivity index (χ1v) is 12.5. The van der Waals surface area contributed by atoms with Gasteiger partial charge in [0.05, 0.1) is 28.3 Å². The van der Waals surface area contributed by atoms with Gasteiger partial charge >= 0.3 is 0 Å². The number of piperidine rings is 1. The van der Waals surface area contributed by atoms with Gasteiger partial charge in [-0.05, 0) is 68.8 Å². The quantitative estimate of drug-likeness (QED) is 0.366. The van der Waals surface area contributed by atoms with Gasteiger partial charge in [0.1, 0.15) is 18.0 Å². The Kier molecular flexibility index (Phi) is 5.54. The number of nitrogens with zero attached hydrogens (tertiary/aromatic N) is 4. The smallest absolute Gasteiger partial charge is 0.262 e. The average Bonchev–Trinajstić information content (AvgIpc) is 3.48. The highest BCUT2D eigenvalue weighted by molar-refractivity contribution is 7.19. The highest BCUT2D eigenvalue weighted by atomic mass is 32.1. The molecule has 0 spiro atoms. The summed E-state index contributed by atoms with van der Waals surface area (Å²) >= 11 is 1.67. The molecule has 0 saturated carbocycles. The van der Waals surface area contributed by atoms with Crippen molar-refractivity contribution in [1.82, 2.24) is 19.9 Å². The topological polar surface area (TPSA) is 63.1 Å². The summed E-state index contributed by atoms with van der Waals surface area (Å²) in [5, 5.41) is 4.31. The molecule has 1 aliphatic heterocycles. The van der Waals surface area contributed by atoms with Crippen LogP contribution in [-0.4, -0.2) is 39.6 Å². The minimum absolute atomic E-state index is 0.0366. The predicted molar refractivity (Wildman–Crippen MR) is 138 cm³/mol. The number of halogens is 1. The Hall–Kier alpha value is -3.62. The Labute approximate surface area is 206 Å². The van der Waals surface area contributed by atoms with Crippen molar-refractivity contribution >= 4 is 44.2 Å². The van der Waals surface area contributed by atoms with Crippen LogP contribution in [0.3, 0.4) is 0 Å². The van der Waals surface area contributed by atoms with E-state index in [-0.39, 0.29) is 17.5 Å². The maximum absolute atomic E-state index is 15.5. The van der Waals surface area contributed by atoms with Gasteiger partial charge in [0, 0.05) is 27.7 Å². The molecule has 176 valence electrons. The molecule has 6 nitrogen and oxygen atoms in total. The second kappa shape index (κ2) is 8.87. The fourth-order valence-electron chi connectivity index (χ4n) is 4.88. The monoisotopic (exact) mass is 485 g/mol. The van der Waals surface area contributed by atoms with E-state index in [1.807, 2.05) is 41.8 Å². The summed E-state index contributed by atoms with van der Waals surface area (Å²) in [5.41, 5.74) is 2.36. The molecule has 0 unspecified atom stereocenters. The summed E-state index contributed by atoms with van der Waals surface area (Å²) in [6, 6.07) is 16.3. The zero-order chi connectivity index (χ0) is 23.9. The highest BCUT2D eigenvalue weighted by Crippen LogP contribution is 2.34. The first-order valence-electron chi connectivity index (χ1n) is 11.7. The van der Waals surface area contributed by atoms with Crippen LogP contribution < -0.4 is 10.2 Å². The summed E-state index contributed by atoms with van der Waals surface area (Å²) < 4.78 is 18.4. The molecular formula is C27H24FN5OS. The van der Waals surface area contributed by atoms with Gasteiger partial charge in [0.2, 0.25) is 0 Å². The Balaban J connectivity index is 1.42. The zero-order valence-corrected chi connectivity index (χ0v) is 20.1. The number of amides is 1. The van der Waals surface area contributed by atoms with Crippen molar-refractivity contribution in [2.24, 2.45) is 0 Å². The van der Waals surface area contributed by atoms with E-state index in [9.17, 15) is 4.79 Å².